The largest absolute Gasteiger partial charge is 0.289 e. The van der Waals surface area contributed by atoms with E-state index in [2.05, 4.69) is 38.8 Å². The summed E-state index contributed by atoms with van der Waals surface area (Å²) < 4.78 is 2.06. The molecule has 0 bridgehead atoms. The van der Waals surface area contributed by atoms with Gasteiger partial charge in [-0.2, -0.15) is 0 Å². The number of rotatable bonds is 3. The lowest BCUT2D eigenvalue weighted by atomic mass is 9.79. The van der Waals surface area contributed by atoms with E-state index in [1.165, 1.54) is 0 Å². The van der Waals surface area contributed by atoms with Crippen molar-refractivity contribution in [1.82, 2.24) is 0 Å². The molecule has 1 unspecified atom stereocenters. The van der Waals surface area contributed by atoms with Gasteiger partial charge in [-0.15, -0.1) is 0 Å². The Hall–Kier alpha value is -1.45. The average Bonchev–Trinajstić information content (AvgIpc) is 2.58. The van der Waals surface area contributed by atoms with Gasteiger partial charge in [0.25, 0.3) is 0 Å². The highest BCUT2D eigenvalue weighted by Gasteiger charge is 2.26. The van der Waals surface area contributed by atoms with Gasteiger partial charge in [-0.1, -0.05) is 69.5 Å². The molecule has 128 valence electrons. The molecular formula is C22H20Br2O. The van der Waals surface area contributed by atoms with Gasteiger partial charge < -0.3 is 0 Å². The first kappa shape index (κ1) is 18.3. The number of hydrogen-bond acceptors (Lipinski definition) is 1. The quantitative estimate of drug-likeness (QED) is 0.448. The first-order chi connectivity index (χ1) is 12.0. The second kappa shape index (κ2) is 8.29. The van der Waals surface area contributed by atoms with E-state index in [9.17, 15) is 4.79 Å². The summed E-state index contributed by atoms with van der Waals surface area (Å²) in [6, 6.07) is 16.2. The highest BCUT2D eigenvalue weighted by Crippen LogP contribution is 2.34. The number of carbonyl (C=O) groups excluding carboxylic acids is 1. The molecule has 0 aliphatic heterocycles. The fraction of sp³-hybridized carbons (Fsp3) is 0.227. The minimum absolute atomic E-state index is 0.185. The van der Waals surface area contributed by atoms with Gasteiger partial charge in [0.15, 0.2) is 5.78 Å². The second-order valence-electron chi connectivity index (χ2n) is 6.46. The van der Waals surface area contributed by atoms with Crippen LogP contribution in [0.25, 0.3) is 12.2 Å². The summed E-state index contributed by atoms with van der Waals surface area (Å²) >= 11 is 7.00. The summed E-state index contributed by atoms with van der Waals surface area (Å²) in [4.78, 5) is 13.0. The monoisotopic (exact) mass is 458 g/mol. The maximum Gasteiger partial charge on any atom is 0.185 e. The number of allylic oxidation sites excluding steroid dienone is 2. The Labute approximate surface area is 166 Å². The molecule has 0 aromatic heterocycles. The predicted molar refractivity (Wildman–Crippen MR) is 112 cm³/mol. The van der Waals surface area contributed by atoms with Crippen LogP contribution < -0.4 is 0 Å². The zero-order valence-electron chi connectivity index (χ0n) is 14.1. The second-order valence-corrected chi connectivity index (χ2v) is 8.29. The lowest BCUT2D eigenvalue weighted by Gasteiger charge is -2.25. The molecule has 0 heterocycles. The molecule has 0 N–H and O–H groups in total. The van der Waals surface area contributed by atoms with Gasteiger partial charge in [0, 0.05) is 20.1 Å². The lowest BCUT2D eigenvalue weighted by molar-refractivity contribution is -0.113. The van der Waals surface area contributed by atoms with Crippen molar-refractivity contribution in [2.75, 3.05) is 0 Å². The molecule has 1 atom stereocenters. The first-order valence-electron chi connectivity index (χ1n) is 8.52. The Morgan fingerprint density at radius 1 is 0.920 bits per heavy atom. The summed E-state index contributed by atoms with van der Waals surface area (Å²) in [7, 11) is 0. The number of benzene rings is 2. The molecule has 1 aliphatic carbocycles. The van der Waals surface area contributed by atoms with E-state index in [-0.39, 0.29) is 5.78 Å². The third-order valence-electron chi connectivity index (χ3n) is 4.56. The number of carbonyl (C=O) groups is 1. The van der Waals surface area contributed by atoms with Crippen molar-refractivity contribution in [1.29, 1.82) is 0 Å². The van der Waals surface area contributed by atoms with E-state index in [0.29, 0.717) is 5.92 Å². The average molecular weight is 460 g/mol. The van der Waals surface area contributed by atoms with Gasteiger partial charge in [0.1, 0.15) is 0 Å². The van der Waals surface area contributed by atoms with E-state index in [0.717, 1.165) is 50.5 Å². The molecule has 1 fully saturated rings. The molecule has 0 amide bonds. The SMILES string of the molecule is CCC1C/C(=C/c2cccc(Br)c2)C(=O)/C(=C/c2cccc(Br)c2)C1. The van der Waals surface area contributed by atoms with Crippen molar-refractivity contribution in [2.45, 2.75) is 26.2 Å². The van der Waals surface area contributed by atoms with Gasteiger partial charge in [-0.3, -0.25) is 4.79 Å². The molecule has 3 rings (SSSR count). The van der Waals surface area contributed by atoms with Crippen molar-refractivity contribution in [3.63, 3.8) is 0 Å². The van der Waals surface area contributed by atoms with Crippen molar-refractivity contribution in [2.24, 2.45) is 5.92 Å². The maximum absolute atomic E-state index is 13.0. The van der Waals surface area contributed by atoms with E-state index in [1.54, 1.807) is 0 Å². The molecule has 0 saturated heterocycles. The third-order valence-corrected chi connectivity index (χ3v) is 5.54. The topological polar surface area (TPSA) is 17.1 Å². The molecule has 3 heteroatoms. The Bertz CT molecular complexity index is 781. The molecule has 0 radical (unpaired) electrons. The lowest BCUT2D eigenvalue weighted by Crippen LogP contribution is -2.19. The third kappa shape index (κ3) is 4.80. The standard InChI is InChI=1S/C22H20Br2O/c1-2-15-9-18(11-16-5-3-7-20(23)13-16)22(25)19(10-15)12-17-6-4-8-21(24)14-17/h3-8,11-15H,2,9-10H2,1H3/b18-11-,19-12+. The van der Waals surface area contributed by atoms with Crippen LogP contribution in [0.15, 0.2) is 68.6 Å². The molecule has 0 spiro atoms. The number of Topliss-reactive ketones (excluding diaryl/α,β-unsaturated/α-hetero) is 1. The minimum Gasteiger partial charge on any atom is -0.289 e. The minimum atomic E-state index is 0.185. The molecule has 1 aliphatic rings. The van der Waals surface area contributed by atoms with Gasteiger partial charge in [-0.05, 0) is 66.3 Å². The van der Waals surface area contributed by atoms with E-state index in [4.69, 9.17) is 0 Å². The van der Waals surface area contributed by atoms with Crippen LogP contribution >= 0.6 is 31.9 Å². The smallest absolute Gasteiger partial charge is 0.185 e. The highest BCUT2D eigenvalue weighted by atomic mass is 79.9. The van der Waals surface area contributed by atoms with Gasteiger partial charge in [0.05, 0.1) is 0 Å². The normalized spacial score (nSPS) is 21.1. The van der Waals surface area contributed by atoms with Crippen LogP contribution in [0, 0.1) is 5.92 Å². The molecule has 2 aromatic carbocycles. The van der Waals surface area contributed by atoms with Gasteiger partial charge in [-0.25, -0.2) is 0 Å². The molecular weight excluding hydrogens is 440 g/mol. The summed E-state index contributed by atoms with van der Waals surface area (Å²) in [5, 5.41) is 0. The zero-order chi connectivity index (χ0) is 17.8. The number of ketones is 1. The molecule has 2 aromatic rings. The summed E-state index contributed by atoms with van der Waals surface area (Å²) in [5.41, 5.74) is 3.96. The van der Waals surface area contributed by atoms with Crippen LogP contribution in [0.5, 0.6) is 0 Å². The van der Waals surface area contributed by atoms with E-state index >= 15 is 0 Å². The predicted octanol–water partition coefficient (Wildman–Crippen LogP) is 7.07. The van der Waals surface area contributed by atoms with E-state index < -0.39 is 0 Å². The van der Waals surface area contributed by atoms with Crippen molar-refractivity contribution >= 4 is 49.8 Å². The van der Waals surface area contributed by atoms with Crippen LogP contribution in [0.1, 0.15) is 37.3 Å². The van der Waals surface area contributed by atoms with Crippen LogP contribution in [-0.4, -0.2) is 5.78 Å². The molecule has 1 nitrogen and oxygen atoms in total. The fourth-order valence-electron chi connectivity index (χ4n) is 3.22. The van der Waals surface area contributed by atoms with Crippen LogP contribution in [-0.2, 0) is 4.79 Å². The highest BCUT2D eigenvalue weighted by molar-refractivity contribution is 9.10. The maximum atomic E-state index is 13.0. The van der Waals surface area contributed by atoms with Crippen molar-refractivity contribution < 1.29 is 4.79 Å². The summed E-state index contributed by atoms with van der Waals surface area (Å²) in [6.45, 7) is 2.20. The van der Waals surface area contributed by atoms with Gasteiger partial charge >= 0.3 is 0 Å². The fourth-order valence-corrected chi connectivity index (χ4v) is 4.05. The summed E-state index contributed by atoms with van der Waals surface area (Å²) in [5.74, 6) is 0.708. The number of hydrogen-bond donors (Lipinski definition) is 0. The van der Waals surface area contributed by atoms with E-state index in [1.807, 2.05) is 60.7 Å². The Kier molecular flexibility index (Phi) is 6.08. The van der Waals surface area contributed by atoms with Crippen LogP contribution in [0.4, 0.5) is 0 Å². The Morgan fingerprint density at radius 3 is 1.80 bits per heavy atom. The molecule has 1 saturated carbocycles. The Balaban J connectivity index is 1.96. The van der Waals surface area contributed by atoms with Gasteiger partial charge in [0.2, 0.25) is 0 Å². The number of halogens is 2. The Morgan fingerprint density at radius 2 is 1.40 bits per heavy atom. The first-order valence-corrected chi connectivity index (χ1v) is 10.1. The summed E-state index contributed by atoms with van der Waals surface area (Å²) in [6.07, 6.45) is 6.89. The van der Waals surface area contributed by atoms with Crippen molar-refractivity contribution in [3.05, 3.63) is 79.7 Å². The van der Waals surface area contributed by atoms with Crippen molar-refractivity contribution in [3.8, 4) is 0 Å². The molecule has 25 heavy (non-hydrogen) atoms. The van der Waals surface area contributed by atoms with Crippen LogP contribution in [0.3, 0.4) is 0 Å². The van der Waals surface area contributed by atoms with Crippen LogP contribution in [0.2, 0.25) is 0 Å². The zero-order valence-corrected chi connectivity index (χ0v) is 17.3.